The summed E-state index contributed by atoms with van der Waals surface area (Å²) >= 11 is 0. The minimum absolute atomic E-state index is 0.0929. The lowest BCUT2D eigenvalue weighted by Gasteiger charge is -2.35. The highest BCUT2D eigenvalue weighted by Crippen LogP contribution is 2.31. The van der Waals surface area contributed by atoms with Crippen molar-refractivity contribution >= 4 is 11.9 Å². The van der Waals surface area contributed by atoms with Gasteiger partial charge < -0.3 is 20.4 Å². The molecule has 2 aliphatic rings. The number of carbonyl (C=O) groups is 2. The van der Waals surface area contributed by atoms with E-state index in [9.17, 15) is 14.7 Å². The Morgan fingerprint density at radius 2 is 1.86 bits per heavy atom. The lowest BCUT2D eigenvalue weighted by molar-refractivity contribution is -0.144. The number of aliphatic hydroxyl groups is 1. The van der Waals surface area contributed by atoms with Crippen molar-refractivity contribution in [1.82, 2.24) is 10.2 Å². The molecule has 2 fully saturated rings. The number of hydrogen-bond acceptors (Lipinski definition) is 4. The fourth-order valence-corrected chi connectivity index (χ4v) is 3.22. The van der Waals surface area contributed by atoms with E-state index in [1.165, 1.54) is 0 Å². The zero-order chi connectivity index (χ0) is 15.5. The van der Waals surface area contributed by atoms with Crippen molar-refractivity contribution in [2.24, 2.45) is 5.92 Å². The van der Waals surface area contributed by atoms with Crippen molar-refractivity contribution < 1.29 is 19.8 Å². The van der Waals surface area contributed by atoms with E-state index in [0.29, 0.717) is 32.2 Å². The summed E-state index contributed by atoms with van der Waals surface area (Å²) in [6, 6.07) is -0.302. The predicted molar refractivity (Wildman–Crippen MR) is 77.8 cm³/mol. The molecule has 2 rings (SSSR count). The highest BCUT2D eigenvalue weighted by molar-refractivity contribution is 5.81. The van der Waals surface area contributed by atoms with Crippen molar-refractivity contribution in [3.63, 3.8) is 0 Å². The van der Waals surface area contributed by atoms with Crippen LogP contribution in [0.15, 0.2) is 0 Å². The summed E-state index contributed by atoms with van der Waals surface area (Å²) in [6.45, 7) is 3.83. The quantitative estimate of drug-likeness (QED) is 0.691. The Morgan fingerprint density at radius 1 is 1.29 bits per heavy atom. The van der Waals surface area contributed by atoms with Crippen LogP contribution in [0, 0.1) is 5.92 Å². The van der Waals surface area contributed by atoms with Crippen molar-refractivity contribution in [2.45, 2.75) is 57.1 Å². The third kappa shape index (κ3) is 4.17. The molecule has 1 unspecified atom stereocenters. The van der Waals surface area contributed by atoms with Crippen molar-refractivity contribution in [3.05, 3.63) is 0 Å². The topological polar surface area (TPSA) is 89.9 Å². The van der Waals surface area contributed by atoms with Crippen LogP contribution in [-0.2, 0) is 9.59 Å². The Bertz CT molecular complexity index is 385. The van der Waals surface area contributed by atoms with Gasteiger partial charge in [0, 0.05) is 19.6 Å². The van der Waals surface area contributed by atoms with Crippen LogP contribution in [0.4, 0.5) is 0 Å². The number of carboxylic acid groups (broad SMARTS) is 1. The van der Waals surface area contributed by atoms with E-state index in [1.54, 1.807) is 0 Å². The van der Waals surface area contributed by atoms with Gasteiger partial charge in [0.15, 0.2) is 0 Å². The second-order valence-corrected chi connectivity index (χ2v) is 6.47. The first kappa shape index (κ1) is 16.2. The number of aliphatic carboxylic acids is 1. The van der Waals surface area contributed by atoms with Gasteiger partial charge in [0.05, 0.1) is 17.6 Å². The number of nitrogens with zero attached hydrogens (tertiary/aromatic N) is 1. The molecule has 1 amide bonds. The third-order valence-corrected chi connectivity index (χ3v) is 4.79. The van der Waals surface area contributed by atoms with Gasteiger partial charge in [0.1, 0.15) is 0 Å². The lowest BCUT2D eigenvalue weighted by atomic mass is 9.78. The van der Waals surface area contributed by atoms with Gasteiger partial charge in [-0.05, 0) is 45.4 Å². The number of carboxylic acids is 1. The van der Waals surface area contributed by atoms with Gasteiger partial charge in [-0.15, -0.1) is 0 Å². The van der Waals surface area contributed by atoms with Crippen LogP contribution in [-0.4, -0.2) is 58.3 Å². The van der Waals surface area contributed by atoms with E-state index in [-0.39, 0.29) is 17.9 Å². The van der Waals surface area contributed by atoms with E-state index in [1.807, 2.05) is 11.8 Å². The number of nitrogens with one attached hydrogen (secondary N) is 1. The second kappa shape index (κ2) is 6.75. The first-order chi connectivity index (χ1) is 9.91. The Hall–Kier alpha value is -1.14. The summed E-state index contributed by atoms with van der Waals surface area (Å²) in [6.07, 6.45) is 4.09. The number of likely N-dealkylation sites (tertiary alicyclic amines) is 1. The molecule has 0 aromatic rings. The molecule has 0 bridgehead atoms. The van der Waals surface area contributed by atoms with E-state index in [2.05, 4.69) is 5.32 Å². The molecule has 0 radical (unpaired) electrons. The van der Waals surface area contributed by atoms with Crippen LogP contribution in [0.5, 0.6) is 0 Å². The SMILES string of the molecule is CC(NCC1(O)CCC(C(=O)O)CC1)C(=O)N1CCCC1. The Morgan fingerprint density at radius 3 is 2.38 bits per heavy atom. The maximum Gasteiger partial charge on any atom is 0.306 e. The van der Waals surface area contributed by atoms with Crippen LogP contribution < -0.4 is 5.32 Å². The third-order valence-electron chi connectivity index (χ3n) is 4.79. The molecule has 1 saturated carbocycles. The maximum absolute atomic E-state index is 12.2. The number of amides is 1. The van der Waals surface area contributed by atoms with E-state index >= 15 is 0 Å². The molecule has 1 aliphatic carbocycles. The van der Waals surface area contributed by atoms with Crippen LogP contribution in [0.25, 0.3) is 0 Å². The van der Waals surface area contributed by atoms with Gasteiger partial charge in [-0.3, -0.25) is 9.59 Å². The summed E-state index contributed by atoms with van der Waals surface area (Å²) in [4.78, 5) is 25.0. The first-order valence-corrected chi connectivity index (χ1v) is 7.89. The Labute approximate surface area is 125 Å². The molecular weight excluding hydrogens is 272 g/mol. The molecule has 21 heavy (non-hydrogen) atoms. The molecule has 1 atom stereocenters. The molecule has 0 aromatic heterocycles. The lowest BCUT2D eigenvalue weighted by Crippen LogP contribution is -2.51. The molecule has 1 saturated heterocycles. The monoisotopic (exact) mass is 298 g/mol. The second-order valence-electron chi connectivity index (χ2n) is 6.47. The summed E-state index contributed by atoms with van der Waals surface area (Å²) in [5, 5.41) is 22.6. The Kier molecular flexibility index (Phi) is 5.22. The van der Waals surface area contributed by atoms with Crippen molar-refractivity contribution in [1.29, 1.82) is 0 Å². The number of carbonyl (C=O) groups excluding carboxylic acids is 1. The zero-order valence-electron chi connectivity index (χ0n) is 12.7. The summed E-state index contributed by atoms with van der Waals surface area (Å²) < 4.78 is 0. The van der Waals surface area contributed by atoms with E-state index < -0.39 is 11.6 Å². The normalized spacial score (nSPS) is 31.1. The summed E-state index contributed by atoms with van der Waals surface area (Å²) in [5.41, 5.74) is -0.883. The highest BCUT2D eigenvalue weighted by Gasteiger charge is 2.36. The first-order valence-electron chi connectivity index (χ1n) is 7.89. The van der Waals surface area contributed by atoms with Crippen molar-refractivity contribution in [2.75, 3.05) is 19.6 Å². The molecule has 6 heteroatoms. The van der Waals surface area contributed by atoms with Crippen LogP contribution in [0.2, 0.25) is 0 Å². The largest absolute Gasteiger partial charge is 0.481 e. The van der Waals surface area contributed by atoms with Crippen molar-refractivity contribution in [3.8, 4) is 0 Å². The predicted octanol–water partition coefficient (Wildman–Crippen LogP) is 0.593. The molecular formula is C15H26N2O4. The van der Waals surface area contributed by atoms with E-state index in [4.69, 9.17) is 5.11 Å². The van der Waals surface area contributed by atoms with Gasteiger partial charge in [0.2, 0.25) is 5.91 Å². The van der Waals surface area contributed by atoms with E-state index in [0.717, 1.165) is 25.9 Å². The average Bonchev–Trinajstić information content (AvgIpc) is 2.98. The molecule has 1 heterocycles. The number of hydrogen-bond donors (Lipinski definition) is 3. The molecule has 1 aliphatic heterocycles. The van der Waals surface area contributed by atoms with Gasteiger partial charge >= 0.3 is 5.97 Å². The molecule has 0 spiro atoms. The zero-order valence-corrected chi connectivity index (χ0v) is 12.7. The van der Waals surface area contributed by atoms with Gasteiger partial charge in [-0.2, -0.15) is 0 Å². The fourth-order valence-electron chi connectivity index (χ4n) is 3.22. The maximum atomic E-state index is 12.2. The molecule has 120 valence electrons. The van der Waals surface area contributed by atoms with Gasteiger partial charge in [0.25, 0.3) is 0 Å². The minimum Gasteiger partial charge on any atom is -0.481 e. The molecule has 0 aromatic carbocycles. The minimum atomic E-state index is -0.883. The van der Waals surface area contributed by atoms with Gasteiger partial charge in [-0.25, -0.2) is 0 Å². The van der Waals surface area contributed by atoms with Crippen LogP contribution in [0.3, 0.4) is 0 Å². The number of rotatable bonds is 5. The Balaban J connectivity index is 1.76. The van der Waals surface area contributed by atoms with Crippen LogP contribution in [0.1, 0.15) is 45.4 Å². The standard InChI is InChI=1S/C15H26N2O4/c1-11(13(18)17-8-2-3-9-17)16-10-15(21)6-4-12(5-7-15)14(19)20/h11-12,16,21H,2-10H2,1H3,(H,19,20). The summed E-state index contributed by atoms with van der Waals surface area (Å²) in [5.74, 6) is -1.02. The fraction of sp³-hybridized carbons (Fsp3) is 0.867. The van der Waals surface area contributed by atoms with Crippen LogP contribution >= 0.6 is 0 Å². The molecule has 6 nitrogen and oxygen atoms in total. The smallest absolute Gasteiger partial charge is 0.306 e. The average molecular weight is 298 g/mol. The summed E-state index contributed by atoms with van der Waals surface area (Å²) in [7, 11) is 0. The molecule has 3 N–H and O–H groups in total. The highest BCUT2D eigenvalue weighted by atomic mass is 16.4. The van der Waals surface area contributed by atoms with Gasteiger partial charge in [-0.1, -0.05) is 0 Å².